The Morgan fingerprint density at radius 3 is 2.78 bits per heavy atom. The first kappa shape index (κ1) is 18.7. The van der Waals surface area contributed by atoms with E-state index in [2.05, 4.69) is 20.7 Å². The van der Waals surface area contributed by atoms with E-state index in [4.69, 9.17) is 0 Å². The molecule has 0 saturated carbocycles. The lowest BCUT2D eigenvalue weighted by molar-refractivity contribution is 0.251. The Balaban J connectivity index is 1.62. The molecule has 0 aliphatic heterocycles. The van der Waals surface area contributed by atoms with Crippen LogP contribution in [0.4, 0.5) is 14.9 Å². The molecule has 0 bridgehead atoms. The van der Waals surface area contributed by atoms with Crippen molar-refractivity contribution in [3.05, 3.63) is 63.3 Å². The van der Waals surface area contributed by atoms with Gasteiger partial charge in [-0.15, -0.1) is 11.3 Å². The Kier molecular flexibility index (Phi) is 5.60. The highest BCUT2D eigenvalue weighted by Crippen LogP contribution is 2.27. The van der Waals surface area contributed by atoms with Crippen LogP contribution in [0.1, 0.15) is 10.7 Å². The van der Waals surface area contributed by atoms with E-state index in [1.807, 2.05) is 13.8 Å². The third kappa shape index (κ3) is 4.76. The van der Waals surface area contributed by atoms with Crippen LogP contribution in [0.5, 0.6) is 0 Å². The van der Waals surface area contributed by atoms with Crippen molar-refractivity contribution in [2.75, 3.05) is 11.9 Å². The molecule has 3 rings (SSSR count). The zero-order valence-corrected chi connectivity index (χ0v) is 15.6. The number of aromatic nitrogens is 3. The quantitative estimate of drug-likeness (QED) is 0.704. The van der Waals surface area contributed by atoms with E-state index in [0.29, 0.717) is 11.4 Å². The summed E-state index contributed by atoms with van der Waals surface area (Å²) in [6.07, 6.45) is 0. The fraction of sp³-hybridized carbons (Fsp3) is 0.222. The van der Waals surface area contributed by atoms with Crippen molar-refractivity contribution in [2.45, 2.75) is 20.4 Å². The van der Waals surface area contributed by atoms with Gasteiger partial charge in [0.2, 0.25) is 0 Å². The van der Waals surface area contributed by atoms with E-state index in [1.54, 1.807) is 12.1 Å². The molecule has 0 aliphatic carbocycles. The first-order chi connectivity index (χ1) is 12.9. The van der Waals surface area contributed by atoms with Crippen molar-refractivity contribution in [2.24, 2.45) is 0 Å². The molecule has 27 heavy (non-hydrogen) atoms. The van der Waals surface area contributed by atoms with Crippen LogP contribution < -0.4 is 16.2 Å². The number of benzene rings is 1. The molecule has 0 saturated heterocycles. The Morgan fingerprint density at radius 1 is 1.26 bits per heavy atom. The van der Waals surface area contributed by atoms with Crippen LogP contribution in [0.15, 0.2) is 41.2 Å². The molecule has 140 valence electrons. The zero-order chi connectivity index (χ0) is 19.4. The van der Waals surface area contributed by atoms with Gasteiger partial charge in [0.15, 0.2) is 0 Å². The van der Waals surface area contributed by atoms with Crippen LogP contribution in [0.2, 0.25) is 0 Å². The molecular weight excluding hydrogens is 369 g/mol. The Labute approximate surface area is 158 Å². The Morgan fingerprint density at radius 2 is 2.07 bits per heavy atom. The van der Waals surface area contributed by atoms with Crippen LogP contribution in [-0.4, -0.2) is 27.3 Å². The smallest absolute Gasteiger partial charge is 0.319 e. The highest BCUT2D eigenvalue weighted by Gasteiger charge is 2.11. The molecule has 0 unspecified atom stereocenters. The van der Waals surface area contributed by atoms with E-state index < -0.39 is 11.8 Å². The molecule has 2 amide bonds. The van der Waals surface area contributed by atoms with Crippen LogP contribution in [0, 0.1) is 19.7 Å². The summed E-state index contributed by atoms with van der Waals surface area (Å²) in [7, 11) is 0. The maximum absolute atomic E-state index is 13.1. The minimum absolute atomic E-state index is 0.193. The summed E-state index contributed by atoms with van der Waals surface area (Å²) in [6.45, 7) is 4.21. The highest BCUT2D eigenvalue weighted by molar-refractivity contribution is 7.15. The fourth-order valence-corrected chi connectivity index (χ4v) is 3.40. The van der Waals surface area contributed by atoms with Gasteiger partial charge in [0.25, 0.3) is 5.56 Å². The number of carbonyl (C=O) groups excluding carboxylic acids is 1. The van der Waals surface area contributed by atoms with Gasteiger partial charge in [-0.1, -0.05) is 6.07 Å². The largest absolute Gasteiger partial charge is 0.336 e. The molecule has 0 atom stereocenters. The number of amides is 2. The van der Waals surface area contributed by atoms with Crippen molar-refractivity contribution < 1.29 is 9.18 Å². The third-order valence-electron chi connectivity index (χ3n) is 3.69. The average molecular weight is 387 g/mol. The number of nitrogens with zero attached hydrogens (tertiary/aromatic N) is 3. The van der Waals surface area contributed by atoms with Gasteiger partial charge in [0, 0.05) is 18.3 Å². The van der Waals surface area contributed by atoms with Gasteiger partial charge in [0.1, 0.15) is 11.5 Å². The van der Waals surface area contributed by atoms with E-state index in [0.717, 1.165) is 15.6 Å². The Hall–Kier alpha value is -3.07. The number of thiazole rings is 1. The number of aryl methyl sites for hydroxylation is 2. The molecule has 2 N–H and O–H groups in total. The lowest BCUT2D eigenvalue weighted by atomic mass is 10.3. The lowest BCUT2D eigenvalue weighted by Crippen LogP contribution is -2.34. The molecule has 0 spiro atoms. The SMILES string of the molecule is Cc1nc(C)c(-c2ccc(=O)n(CCNC(=O)Nc3cccc(F)c3)n2)s1. The van der Waals surface area contributed by atoms with Crippen molar-refractivity contribution in [1.82, 2.24) is 20.1 Å². The van der Waals surface area contributed by atoms with Gasteiger partial charge >= 0.3 is 6.03 Å². The van der Waals surface area contributed by atoms with E-state index in [9.17, 15) is 14.0 Å². The number of hydrogen-bond acceptors (Lipinski definition) is 5. The van der Waals surface area contributed by atoms with Gasteiger partial charge in [0.05, 0.1) is 22.1 Å². The second kappa shape index (κ2) is 8.09. The molecule has 3 aromatic rings. The highest BCUT2D eigenvalue weighted by atomic mass is 32.1. The van der Waals surface area contributed by atoms with Crippen LogP contribution in [-0.2, 0) is 6.54 Å². The average Bonchev–Trinajstić information content (AvgIpc) is 2.95. The Bertz CT molecular complexity index is 1030. The molecule has 0 radical (unpaired) electrons. The maximum atomic E-state index is 13.1. The molecule has 0 fully saturated rings. The number of urea groups is 1. The third-order valence-corrected chi connectivity index (χ3v) is 4.79. The topological polar surface area (TPSA) is 88.9 Å². The number of anilines is 1. The molecule has 2 heterocycles. The molecule has 9 heteroatoms. The number of nitrogens with one attached hydrogen (secondary N) is 2. The first-order valence-corrected chi connectivity index (χ1v) is 9.07. The summed E-state index contributed by atoms with van der Waals surface area (Å²) in [5.74, 6) is -0.436. The normalized spacial score (nSPS) is 10.6. The zero-order valence-electron chi connectivity index (χ0n) is 14.8. The minimum atomic E-state index is -0.487. The molecule has 1 aromatic carbocycles. The van der Waals surface area contributed by atoms with Crippen LogP contribution in [0.25, 0.3) is 10.6 Å². The summed E-state index contributed by atoms with van der Waals surface area (Å²) in [5.41, 5.74) is 1.62. The second-order valence-corrected chi connectivity index (χ2v) is 7.02. The van der Waals surface area contributed by atoms with Crippen molar-refractivity contribution in [3.8, 4) is 10.6 Å². The van der Waals surface area contributed by atoms with Crippen molar-refractivity contribution in [3.63, 3.8) is 0 Å². The summed E-state index contributed by atoms with van der Waals surface area (Å²) >= 11 is 1.51. The number of halogens is 1. The van der Waals surface area contributed by atoms with Gasteiger partial charge in [-0.25, -0.2) is 18.9 Å². The van der Waals surface area contributed by atoms with E-state index in [-0.39, 0.29) is 18.6 Å². The van der Waals surface area contributed by atoms with Crippen molar-refractivity contribution >= 4 is 23.1 Å². The number of hydrogen-bond donors (Lipinski definition) is 2. The fourth-order valence-electron chi connectivity index (χ4n) is 2.52. The summed E-state index contributed by atoms with van der Waals surface area (Å²) in [5, 5.41) is 10.4. The van der Waals surface area contributed by atoms with Crippen molar-refractivity contribution in [1.29, 1.82) is 0 Å². The lowest BCUT2D eigenvalue weighted by Gasteiger charge is -2.09. The monoisotopic (exact) mass is 387 g/mol. The molecule has 0 aliphatic rings. The number of carbonyl (C=O) groups is 1. The predicted octanol–water partition coefficient (Wildman–Crippen LogP) is 2.94. The summed E-state index contributed by atoms with van der Waals surface area (Å²) < 4.78 is 14.4. The van der Waals surface area contributed by atoms with E-state index in [1.165, 1.54) is 40.3 Å². The van der Waals surface area contributed by atoms with Gasteiger partial charge in [-0.2, -0.15) is 5.10 Å². The first-order valence-electron chi connectivity index (χ1n) is 8.25. The van der Waals surface area contributed by atoms with Crippen LogP contribution >= 0.6 is 11.3 Å². The van der Waals surface area contributed by atoms with Gasteiger partial charge < -0.3 is 10.6 Å². The van der Waals surface area contributed by atoms with Gasteiger partial charge in [-0.3, -0.25) is 4.79 Å². The molecular formula is C18H18FN5O2S. The summed E-state index contributed by atoms with van der Waals surface area (Å²) in [6, 6.07) is 8.22. The number of rotatable bonds is 5. The second-order valence-electron chi connectivity index (χ2n) is 5.82. The minimum Gasteiger partial charge on any atom is -0.336 e. The molecule has 2 aromatic heterocycles. The van der Waals surface area contributed by atoms with Gasteiger partial charge in [-0.05, 0) is 38.1 Å². The molecule has 7 nitrogen and oxygen atoms in total. The van der Waals surface area contributed by atoms with Crippen LogP contribution in [0.3, 0.4) is 0 Å². The standard InChI is InChI=1S/C18H18FN5O2S/c1-11-17(27-12(2)21-11)15-6-7-16(25)24(23-15)9-8-20-18(26)22-14-5-3-4-13(19)10-14/h3-7,10H,8-9H2,1-2H3,(H2,20,22,26). The predicted molar refractivity (Wildman–Crippen MR) is 103 cm³/mol. The maximum Gasteiger partial charge on any atom is 0.319 e. The van der Waals surface area contributed by atoms with E-state index >= 15 is 0 Å². The summed E-state index contributed by atoms with van der Waals surface area (Å²) in [4.78, 5) is 29.2.